The van der Waals surface area contributed by atoms with E-state index in [0.29, 0.717) is 11.3 Å². The van der Waals surface area contributed by atoms with Gasteiger partial charge in [0, 0.05) is 12.6 Å². The molecule has 0 aliphatic heterocycles. The maximum absolute atomic E-state index is 12.8. The lowest BCUT2D eigenvalue weighted by Crippen LogP contribution is -2.28. The number of carbonyl (C=O) groups excluding carboxylic acids is 1. The summed E-state index contributed by atoms with van der Waals surface area (Å²) >= 11 is 0. The lowest BCUT2D eigenvalue weighted by atomic mass is 10.1. The highest BCUT2D eigenvalue weighted by molar-refractivity contribution is 7.92. The number of nitrogens with zero attached hydrogens (tertiary/aromatic N) is 1. The third-order valence-corrected chi connectivity index (χ3v) is 6.90. The van der Waals surface area contributed by atoms with E-state index in [0.717, 1.165) is 16.7 Å². The number of carbonyl (C=O) groups is 1. The second kappa shape index (κ2) is 8.71. The van der Waals surface area contributed by atoms with Crippen molar-refractivity contribution in [1.82, 2.24) is 5.32 Å². The van der Waals surface area contributed by atoms with Crippen LogP contribution >= 0.6 is 0 Å². The molecule has 0 heterocycles. The van der Waals surface area contributed by atoms with E-state index in [1.165, 1.54) is 11.4 Å². The van der Waals surface area contributed by atoms with Crippen LogP contribution in [0.2, 0.25) is 0 Å². The zero-order valence-electron chi connectivity index (χ0n) is 17.6. The van der Waals surface area contributed by atoms with Crippen molar-refractivity contribution in [3.8, 4) is 0 Å². The Kier molecular flexibility index (Phi) is 6.27. The molecular weight excluding hydrogens is 396 g/mol. The second-order valence-electron chi connectivity index (χ2n) is 7.44. The first-order chi connectivity index (χ1) is 14.2. The van der Waals surface area contributed by atoms with Gasteiger partial charge in [0.2, 0.25) is 0 Å². The van der Waals surface area contributed by atoms with Crippen molar-refractivity contribution in [2.45, 2.75) is 31.7 Å². The minimum atomic E-state index is -3.67. The normalized spacial score (nSPS) is 12.3. The summed E-state index contributed by atoms with van der Waals surface area (Å²) in [4.78, 5) is 12.8. The largest absolute Gasteiger partial charge is 0.346 e. The smallest absolute Gasteiger partial charge is 0.264 e. The SMILES string of the molecule is Cc1ccc([C@H](C)NC(=O)c2ccc(N(C)S(=O)(=O)c3ccc(C)cc3)cc2)cc1. The molecule has 0 saturated heterocycles. The number of anilines is 1. The molecule has 3 rings (SSSR count). The molecule has 0 aromatic heterocycles. The van der Waals surface area contributed by atoms with Gasteiger partial charge in [0.25, 0.3) is 15.9 Å². The Morgan fingerprint density at radius 1 is 0.833 bits per heavy atom. The van der Waals surface area contributed by atoms with Gasteiger partial charge in [-0.25, -0.2) is 8.42 Å². The first-order valence-electron chi connectivity index (χ1n) is 9.71. The number of nitrogens with one attached hydrogen (secondary N) is 1. The molecule has 1 N–H and O–H groups in total. The van der Waals surface area contributed by atoms with E-state index in [4.69, 9.17) is 0 Å². The molecule has 1 amide bonds. The number of sulfonamides is 1. The van der Waals surface area contributed by atoms with E-state index in [-0.39, 0.29) is 16.8 Å². The fraction of sp³-hybridized carbons (Fsp3) is 0.208. The van der Waals surface area contributed by atoms with E-state index >= 15 is 0 Å². The second-order valence-corrected chi connectivity index (χ2v) is 9.41. The molecule has 0 saturated carbocycles. The quantitative estimate of drug-likeness (QED) is 0.630. The van der Waals surface area contributed by atoms with Crippen molar-refractivity contribution in [3.05, 3.63) is 95.1 Å². The van der Waals surface area contributed by atoms with Crippen LogP contribution in [0.1, 0.15) is 40.0 Å². The zero-order valence-corrected chi connectivity index (χ0v) is 18.4. The number of benzene rings is 3. The van der Waals surface area contributed by atoms with Gasteiger partial charge in [-0.05, 0) is 62.7 Å². The highest BCUT2D eigenvalue weighted by atomic mass is 32.2. The van der Waals surface area contributed by atoms with Gasteiger partial charge in [-0.3, -0.25) is 9.10 Å². The van der Waals surface area contributed by atoms with Gasteiger partial charge in [-0.15, -0.1) is 0 Å². The van der Waals surface area contributed by atoms with E-state index < -0.39 is 10.0 Å². The van der Waals surface area contributed by atoms with Crippen molar-refractivity contribution < 1.29 is 13.2 Å². The molecular formula is C24H26N2O3S. The molecule has 3 aromatic rings. The predicted molar refractivity (Wildman–Crippen MR) is 120 cm³/mol. The summed E-state index contributed by atoms with van der Waals surface area (Å²) in [7, 11) is -2.16. The fourth-order valence-electron chi connectivity index (χ4n) is 3.05. The molecule has 0 unspecified atom stereocenters. The average Bonchev–Trinajstić information content (AvgIpc) is 2.74. The summed E-state index contributed by atoms with van der Waals surface area (Å²) in [5.41, 5.74) is 4.14. The van der Waals surface area contributed by atoms with E-state index in [2.05, 4.69) is 5.32 Å². The third kappa shape index (κ3) is 4.71. The molecule has 6 heteroatoms. The average molecular weight is 423 g/mol. The lowest BCUT2D eigenvalue weighted by Gasteiger charge is -2.20. The minimum absolute atomic E-state index is 0.137. The van der Waals surface area contributed by atoms with Crippen LogP contribution in [0.4, 0.5) is 5.69 Å². The van der Waals surface area contributed by atoms with Crippen LogP contribution in [0.25, 0.3) is 0 Å². The van der Waals surface area contributed by atoms with E-state index in [9.17, 15) is 13.2 Å². The third-order valence-electron chi connectivity index (χ3n) is 5.10. The van der Waals surface area contributed by atoms with Gasteiger partial charge in [0.05, 0.1) is 16.6 Å². The van der Waals surface area contributed by atoms with Gasteiger partial charge in [-0.2, -0.15) is 0 Å². The lowest BCUT2D eigenvalue weighted by molar-refractivity contribution is 0.0940. The summed E-state index contributed by atoms with van der Waals surface area (Å²) in [6.07, 6.45) is 0. The maximum atomic E-state index is 12.8. The number of hydrogen-bond acceptors (Lipinski definition) is 3. The van der Waals surface area contributed by atoms with Crippen molar-refractivity contribution in [3.63, 3.8) is 0 Å². The minimum Gasteiger partial charge on any atom is -0.346 e. The summed E-state index contributed by atoms with van der Waals surface area (Å²) in [6, 6.07) is 21.1. The van der Waals surface area contributed by atoms with Crippen LogP contribution in [0.15, 0.2) is 77.7 Å². The number of hydrogen-bond donors (Lipinski definition) is 1. The zero-order chi connectivity index (χ0) is 21.9. The monoisotopic (exact) mass is 422 g/mol. The molecule has 30 heavy (non-hydrogen) atoms. The Morgan fingerprint density at radius 2 is 1.33 bits per heavy atom. The number of amides is 1. The van der Waals surface area contributed by atoms with Gasteiger partial charge < -0.3 is 5.32 Å². The summed E-state index contributed by atoms with van der Waals surface area (Å²) in [6.45, 7) is 5.85. The van der Waals surface area contributed by atoms with Gasteiger partial charge >= 0.3 is 0 Å². The van der Waals surface area contributed by atoms with Crippen molar-refractivity contribution in [2.24, 2.45) is 0 Å². The molecule has 1 atom stereocenters. The van der Waals surface area contributed by atoms with E-state index in [1.807, 2.05) is 45.0 Å². The van der Waals surface area contributed by atoms with Crippen LogP contribution in [-0.2, 0) is 10.0 Å². The fourth-order valence-corrected chi connectivity index (χ4v) is 4.24. The van der Waals surface area contributed by atoms with E-state index in [1.54, 1.807) is 48.5 Å². The first-order valence-corrected chi connectivity index (χ1v) is 11.2. The number of rotatable bonds is 6. The molecule has 156 valence electrons. The summed E-state index contributed by atoms with van der Waals surface area (Å²) in [5, 5.41) is 2.97. The van der Waals surface area contributed by atoms with Gasteiger partial charge in [-0.1, -0.05) is 47.5 Å². The van der Waals surface area contributed by atoms with Crippen molar-refractivity contribution in [2.75, 3.05) is 11.4 Å². The number of aryl methyl sites for hydroxylation is 2. The highest BCUT2D eigenvalue weighted by Gasteiger charge is 2.21. The summed E-state index contributed by atoms with van der Waals surface area (Å²) < 4.78 is 26.9. The van der Waals surface area contributed by atoms with Gasteiger partial charge in [0.15, 0.2) is 0 Å². The Bertz CT molecular complexity index is 1120. The Labute approximate surface area is 178 Å². The Morgan fingerprint density at radius 3 is 1.87 bits per heavy atom. The topological polar surface area (TPSA) is 66.5 Å². The van der Waals surface area contributed by atoms with Crippen molar-refractivity contribution >= 4 is 21.6 Å². The van der Waals surface area contributed by atoms with Gasteiger partial charge in [0.1, 0.15) is 0 Å². The summed E-state index contributed by atoms with van der Waals surface area (Å²) in [5.74, 6) is -0.210. The molecule has 0 spiro atoms. The van der Waals surface area contributed by atoms with Crippen LogP contribution in [0, 0.1) is 13.8 Å². The van der Waals surface area contributed by atoms with Crippen molar-refractivity contribution in [1.29, 1.82) is 0 Å². The Balaban J connectivity index is 1.72. The molecule has 0 bridgehead atoms. The highest BCUT2D eigenvalue weighted by Crippen LogP contribution is 2.23. The van der Waals surface area contributed by atoms with Crippen LogP contribution in [0.5, 0.6) is 0 Å². The molecule has 3 aromatic carbocycles. The standard InChI is InChI=1S/C24H26N2O3S/c1-17-5-9-20(10-6-17)19(3)25-24(27)21-11-13-22(14-12-21)26(4)30(28,29)23-15-7-18(2)8-16-23/h5-16,19H,1-4H3,(H,25,27)/t19-/m0/s1. The predicted octanol–water partition coefficient (Wildman–Crippen LogP) is 4.62. The maximum Gasteiger partial charge on any atom is 0.264 e. The molecule has 0 aliphatic carbocycles. The molecule has 0 aliphatic rings. The van der Waals surface area contributed by atoms with Crippen LogP contribution < -0.4 is 9.62 Å². The van der Waals surface area contributed by atoms with Crippen LogP contribution in [0.3, 0.4) is 0 Å². The molecule has 0 fully saturated rings. The van der Waals surface area contributed by atoms with Crippen LogP contribution in [-0.4, -0.2) is 21.4 Å². The molecule has 5 nitrogen and oxygen atoms in total. The Hall–Kier alpha value is -3.12. The molecule has 0 radical (unpaired) electrons. The first kappa shape index (κ1) is 21.6.